The molecule has 6 heteroatoms. The van der Waals surface area contributed by atoms with Gasteiger partial charge in [-0.1, -0.05) is 17.7 Å². The molecule has 0 unspecified atom stereocenters. The van der Waals surface area contributed by atoms with Gasteiger partial charge in [0, 0.05) is 45.8 Å². The van der Waals surface area contributed by atoms with Gasteiger partial charge < -0.3 is 14.8 Å². The second-order valence-electron chi connectivity index (χ2n) is 5.18. The van der Waals surface area contributed by atoms with Crippen molar-refractivity contribution in [2.24, 2.45) is 12.0 Å². The number of pyridine rings is 1. The highest BCUT2D eigenvalue weighted by Crippen LogP contribution is 2.06. The van der Waals surface area contributed by atoms with Crippen molar-refractivity contribution in [1.29, 1.82) is 0 Å². The maximum atomic E-state index is 5.79. The van der Waals surface area contributed by atoms with Gasteiger partial charge in [-0.2, -0.15) is 0 Å². The van der Waals surface area contributed by atoms with Gasteiger partial charge in [-0.15, -0.1) is 0 Å². The number of hydrogen-bond acceptors (Lipinski definition) is 2. The van der Waals surface area contributed by atoms with E-state index in [-0.39, 0.29) is 0 Å². The Labute approximate surface area is 136 Å². The van der Waals surface area contributed by atoms with Crippen molar-refractivity contribution < 1.29 is 0 Å². The number of hydrogen-bond donors (Lipinski definition) is 1. The molecule has 2 heterocycles. The highest BCUT2D eigenvalue weighted by molar-refractivity contribution is 6.29. The van der Waals surface area contributed by atoms with E-state index < -0.39 is 0 Å². The Morgan fingerprint density at radius 1 is 1.41 bits per heavy atom. The predicted octanol–water partition coefficient (Wildman–Crippen LogP) is 2.32. The third-order valence-corrected chi connectivity index (χ3v) is 3.73. The summed E-state index contributed by atoms with van der Waals surface area (Å²) in [7, 11) is 5.88. The van der Waals surface area contributed by atoms with Crippen LogP contribution in [0.15, 0.2) is 41.7 Å². The van der Waals surface area contributed by atoms with E-state index >= 15 is 0 Å². The van der Waals surface area contributed by atoms with E-state index in [1.54, 1.807) is 13.2 Å². The summed E-state index contributed by atoms with van der Waals surface area (Å²) in [6.45, 7) is 1.61. The van der Waals surface area contributed by atoms with Crippen LogP contribution in [-0.4, -0.2) is 41.1 Å². The number of aromatic nitrogens is 2. The van der Waals surface area contributed by atoms with Gasteiger partial charge in [0.15, 0.2) is 5.96 Å². The topological polar surface area (TPSA) is 45.5 Å². The number of halogens is 1. The number of nitrogens with one attached hydrogen (secondary N) is 1. The molecule has 0 spiro atoms. The molecule has 0 saturated carbocycles. The van der Waals surface area contributed by atoms with Gasteiger partial charge in [-0.05, 0) is 30.2 Å². The number of nitrogens with zero attached hydrogens (tertiary/aromatic N) is 4. The minimum absolute atomic E-state index is 0.523. The standard InChI is InChI=1S/C16H22ClN5/c1-18-16(22(3)12-14-5-4-10-21(14)2)19-9-8-13-6-7-15(17)20-11-13/h4-7,10-11H,8-9,12H2,1-3H3,(H,18,19). The summed E-state index contributed by atoms with van der Waals surface area (Å²) >= 11 is 5.79. The second kappa shape index (κ2) is 7.84. The lowest BCUT2D eigenvalue weighted by Crippen LogP contribution is -2.39. The molecule has 2 rings (SSSR count). The third-order valence-electron chi connectivity index (χ3n) is 3.51. The Kier molecular flexibility index (Phi) is 5.83. The van der Waals surface area contributed by atoms with Crippen molar-refractivity contribution in [3.05, 3.63) is 53.1 Å². The first-order valence-electron chi connectivity index (χ1n) is 7.22. The van der Waals surface area contributed by atoms with Crippen LogP contribution in [0.4, 0.5) is 0 Å². The van der Waals surface area contributed by atoms with Gasteiger partial charge >= 0.3 is 0 Å². The molecule has 118 valence electrons. The molecular formula is C16H22ClN5. The zero-order valence-electron chi connectivity index (χ0n) is 13.3. The molecule has 2 aromatic rings. The summed E-state index contributed by atoms with van der Waals surface area (Å²) < 4.78 is 2.11. The van der Waals surface area contributed by atoms with Gasteiger partial charge in [0.1, 0.15) is 5.15 Å². The fourth-order valence-electron chi connectivity index (χ4n) is 2.24. The zero-order valence-corrected chi connectivity index (χ0v) is 14.0. The summed E-state index contributed by atoms with van der Waals surface area (Å²) in [4.78, 5) is 10.5. The quantitative estimate of drug-likeness (QED) is 0.522. The number of guanidine groups is 1. The number of rotatable bonds is 5. The van der Waals surface area contributed by atoms with Crippen LogP contribution in [0.25, 0.3) is 0 Å². The lowest BCUT2D eigenvalue weighted by molar-refractivity contribution is 0.462. The average molecular weight is 320 g/mol. The van der Waals surface area contributed by atoms with Crippen molar-refractivity contribution >= 4 is 17.6 Å². The van der Waals surface area contributed by atoms with Crippen LogP contribution in [0.3, 0.4) is 0 Å². The van der Waals surface area contributed by atoms with Gasteiger partial charge in [0.25, 0.3) is 0 Å². The molecule has 0 bridgehead atoms. The molecule has 5 nitrogen and oxygen atoms in total. The maximum Gasteiger partial charge on any atom is 0.193 e. The third kappa shape index (κ3) is 4.49. The van der Waals surface area contributed by atoms with Crippen LogP contribution in [0, 0.1) is 0 Å². The fraction of sp³-hybridized carbons (Fsp3) is 0.375. The van der Waals surface area contributed by atoms with E-state index in [1.165, 1.54) is 5.69 Å². The molecule has 22 heavy (non-hydrogen) atoms. The van der Waals surface area contributed by atoms with Crippen LogP contribution in [0.5, 0.6) is 0 Å². The highest BCUT2D eigenvalue weighted by atomic mass is 35.5. The molecule has 0 atom stereocenters. The molecule has 0 fully saturated rings. The highest BCUT2D eigenvalue weighted by Gasteiger charge is 2.08. The molecule has 0 amide bonds. The number of aliphatic imine (C=N–C) groups is 1. The van der Waals surface area contributed by atoms with Crippen LogP contribution in [0.1, 0.15) is 11.3 Å². The summed E-state index contributed by atoms with van der Waals surface area (Å²) in [5, 5.41) is 3.89. The minimum Gasteiger partial charge on any atom is -0.356 e. The normalized spacial score (nSPS) is 11.5. The maximum absolute atomic E-state index is 5.79. The van der Waals surface area contributed by atoms with E-state index in [4.69, 9.17) is 11.6 Å². The minimum atomic E-state index is 0.523. The molecule has 0 aromatic carbocycles. The molecule has 1 N–H and O–H groups in total. The van der Waals surface area contributed by atoms with Crippen molar-refractivity contribution in [1.82, 2.24) is 19.8 Å². The summed E-state index contributed by atoms with van der Waals surface area (Å²) in [6.07, 6.45) is 4.73. The first-order valence-corrected chi connectivity index (χ1v) is 7.60. The van der Waals surface area contributed by atoms with Crippen molar-refractivity contribution in [2.45, 2.75) is 13.0 Å². The van der Waals surface area contributed by atoms with E-state index in [9.17, 15) is 0 Å². The Bertz CT molecular complexity index is 618. The van der Waals surface area contributed by atoms with E-state index in [0.29, 0.717) is 5.15 Å². The van der Waals surface area contributed by atoms with Crippen LogP contribution in [-0.2, 0) is 20.0 Å². The molecular weight excluding hydrogens is 298 g/mol. The Morgan fingerprint density at radius 2 is 2.23 bits per heavy atom. The number of aryl methyl sites for hydroxylation is 1. The van der Waals surface area contributed by atoms with Gasteiger partial charge in [0.05, 0.1) is 6.54 Å². The van der Waals surface area contributed by atoms with Crippen LogP contribution >= 0.6 is 11.6 Å². The SMILES string of the molecule is CN=C(NCCc1ccc(Cl)nc1)N(C)Cc1cccn1C. The average Bonchev–Trinajstić information content (AvgIpc) is 2.90. The molecule has 0 saturated heterocycles. The summed E-state index contributed by atoms with van der Waals surface area (Å²) in [5.74, 6) is 0.878. The fourth-order valence-corrected chi connectivity index (χ4v) is 2.35. The van der Waals surface area contributed by atoms with Crippen molar-refractivity contribution in [3.8, 4) is 0 Å². The predicted molar refractivity (Wildman–Crippen MR) is 91.2 cm³/mol. The largest absolute Gasteiger partial charge is 0.356 e. The summed E-state index contributed by atoms with van der Waals surface area (Å²) in [5.41, 5.74) is 2.39. The van der Waals surface area contributed by atoms with Gasteiger partial charge in [-0.25, -0.2) is 4.98 Å². The molecule has 0 aliphatic carbocycles. The molecule has 2 aromatic heterocycles. The molecule has 0 radical (unpaired) electrons. The van der Waals surface area contributed by atoms with E-state index in [2.05, 4.69) is 30.8 Å². The van der Waals surface area contributed by atoms with E-state index in [1.807, 2.05) is 38.5 Å². The van der Waals surface area contributed by atoms with E-state index in [0.717, 1.165) is 31.0 Å². The lowest BCUT2D eigenvalue weighted by Gasteiger charge is -2.22. The molecule has 0 aliphatic heterocycles. The smallest absolute Gasteiger partial charge is 0.193 e. The van der Waals surface area contributed by atoms with Crippen molar-refractivity contribution in [2.75, 3.05) is 20.6 Å². The first kappa shape index (κ1) is 16.4. The van der Waals surface area contributed by atoms with Crippen LogP contribution in [0.2, 0.25) is 5.15 Å². The zero-order chi connectivity index (χ0) is 15.9. The van der Waals surface area contributed by atoms with Crippen LogP contribution < -0.4 is 5.32 Å². The second-order valence-corrected chi connectivity index (χ2v) is 5.57. The van der Waals surface area contributed by atoms with Gasteiger partial charge in [0.2, 0.25) is 0 Å². The monoisotopic (exact) mass is 319 g/mol. The Hall–Kier alpha value is -2.01. The Morgan fingerprint density at radius 3 is 2.82 bits per heavy atom. The molecule has 0 aliphatic rings. The first-order chi connectivity index (χ1) is 10.6. The van der Waals surface area contributed by atoms with Gasteiger partial charge in [-0.3, -0.25) is 4.99 Å². The van der Waals surface area contributed by atoms with Crippen molar-refractivity contribution in [3.63, 3.8) is 0 Å². The Balaban J connectivity index is 1.84. The summed E-state index contributed by atoms with van der Waals surface area (Å²) in [6, 6.07) is 7.97. The lowest BCUT2D eigenvalue weighted by atomic mass is 10.2.